The highest BCUT2D eigenvalue weighted by Gasteiger charge is 2.38. The number of hydrogen-bond donors (Lipinski definition) is 2. The van der Waals surface area contributed by atoms with Gasteiger partial charge in [-0.1, -0.05) is 0 Å². The van der Waals surface area contributed by atoms with Crippen LogP contribution in [0.3, 0.4) is 0 Å². The van der Waals surface area contributed by atoms with Crippen LogP contribution in [0.4, 0.5) is 11.5 Å². The third kappa shape index (κ3) is 3.28. The largest absolute Gasteiger partial charge is 0.476 e. The van der Waals surface area contributed by atoms with Gasteiger partial charge in [-0.05, 0) is 32.4 Å². The molecule has 0 amide bonds. The smallest absolute Gasteiger partial charge is 0.239 e. The molecule has 1 aromatic heterocycles. The third-order valence-electron chi connectivity index (χ3n) is 3.10. The molecule has 0 spiro atoms. The lowest BCUT2D eigenvalue weighted by Crippen LogP contribution is -2.36. The van der Waals surface area contributed by atoms with Crippen molar-refractivity contribution in [1.29, 1.82) is 0 Å². The summed E-state index contributed by atoms with van der Waals surface area (Å²) in [6.45, 7) is 4.22. The molecule has 1 unspecified atom stereocenters. The second kappa shape index (κ2) is 4.88. The molecule has 1 aromatic rings. The minimum absolute atomic E-state index is 0.121. The van der Waals surface area contributed by atoms with E-state index in [0.717, 1.165) is 0 Å². The van der Waals surface area contributed by atoms with Crippen LogP contribution in [0.2, 0.25) is 0 Å². The van der Waals surface area contributed by atoms with Gasteiger partial charge in [0, 0.05) is 0 Å². The molecule has 2 heterocycles. The Morgan fingerprint density at radius 1 is 1.53 bits per heavy atom. The van der Waals surface area contributed by atoms with Gasteiger partial charge in [0.2, 0.25) is 5.88 Å². The van der Waals surface area contributed by atoms with Gasteiger partial charge in [0.05, 0.1) is 29.3 Å². The highest BCUT2D eigenvalue weighted by atomic mass is 32.2. The standard InChI is InChI=1S/C12H19N3O3S/c1-3-18-11-9(13)4-5-10(14-11)15-12(2)6-7-19(16,17)8-12/h4-5H,3,6-8,13H2,1-2H3,(H,14,15). The molecule has 19 heavy (non-hydrogen) atoms. The van der Waals surface area contributed by atoms with E-state index in [1.54, 1.807) is 12.1 Å². The minimum atomic E-state index is -2.95. The van der Waals surface area contributed by atoms with Gasteiger partial charge in [0.25, 0.3) is 0 Å². The van der Waals surface area contributed by atoms with Crippen molar-refractivity contribution in [2.45, 2.75) is 25.8 Å². The predicted octanol–water partition coefficient (Wildman–Crippen LogP) is 1.05. The lowest BCUT2D eigenvalue weighted by molar-refractivity contribution is 0.329. The number of ether oxygens (including phenoxy) is 1. The van der Waals surface area contributed by atoms with Crippen LogP contribution in [-0.2, 0) is 9.84 Å². The van der Waals surface area contributed by atoms with Crippen LogP contribution in [-0.4, -0.2) is 37.1 Å². The molecule has 1 fully saturated rings. The summed E-state index contributed by atoms with van der Waals surface area (Å²) in [6, 6.07) is 3.43. The van der Waals surface area contributed by atoms with Crippen molar-refractivity contribution in [2.24, 2.45) is 0 Å². The lowest BCUT2D eigenvalue weighted by Gasteiger charge is -2.24. The predicted molar refractivity (Wildman–Crippen MR) is 75.1 cm³/mol. The van der Waals surface area contributed by atoms with Crippen LogP contribution in [0.1, 0.15) is 20.3 Å². The van der Waals surface area contributed by atoms with Gasteiger partial charge in [0.15, 0.2) is 9.84 Å². The van der Waals surface area contributed by atoms with Crippen LogP contribution < -0.4 is 15.8 Å². The van der Waals surface area contributed by atoms with E-state index < -0.39 is 15.4 Å². The SMILES string of the molecule is CCOc1nc(NC2(C)CCS(=O)(=O)C2)ccc1N. The molecular weight excluding hydrogens is 266 g/mol. The molecule has 0 saturated carbocycles. The summed E-state index contributed by atoms with van der Waals surface area (Å²) in [5.41, 5.74) is 5.74. The normalized spacial score (nSPS) is 25.2. The van der Waals surface area contributed by atoms with Crippen molar-refractivity contribution < 1.29 is 13.2 Å². The van der Waals surface area contributed by atoms with Gasteiger partial charge in [-0.15, -0.1) is 0 Å². The summed E-state index contributed by atoms with van der Waals surface area (Å²) in [5.74, 6) is 1.29. The average Bonchev–Trinajstić information content (AvgIpc) is 2.58. The van der Waals surface area contributed by atoms with Gasteiger partial charge >= 0.3 is 0 Å². The van der Waals surface area contributed by atoms with Crippen molar-refractivity contribution in [1.82, 2.24) is 4.98 Å². The summed E-state index contributed by atoms with van der Waals surface area (Å²) in [5, 5.41) is 3.17. The second-order valence-corrected chi connectivity index (χ2v) is 7.24. The Morgan fingerprint density at radius 3 is 2.84 bits per heavy atom. The Balaban J connectivity index is 2.18. The summed E-state index contributed by atoms with van der Waals surface area (Å²) in [7, 11) is -2.95. The number of hydrogen-bond acceptors (Lipinski definition) is 6. The van der Waals surface area contributed by atoms with Crippen LogP contribution in [0, 0.1) is 0 Å². The fourth-order valence-corrected chi connectivity index (χ4v) is 4.28. The van der Waals surface area contributed by atoms with E-state index in [2.05, 4.69) is 10.3 Å². The molecule has 0 aromatic carbocycles. The molecule has 1 atom stereocenters. The zero-order valence-electron chi connectivity index (χ0n) is 11.1. The summed E-state index contributed by atoms with van der Waals surface area (Å²) in [6.07, 6.45) is 0.575. The first-order chi connectivity index (χ1) is 8.84. The van der Waals surface area contributed by atoms with E-state index in [1.165, 1.54) is 0 Å². The van der Waals surface area contributed by atoms with E-state index in [0.29, 0.717) is 30.4 Å². The third-order valence-corrected chi connectivity index (χ3v) is 5.01. The van der Waals surface area contributed by atoms with Crippen LogP contribution in [0.25, 0.3) is 0 Å². The Hall–Kier alpha value is -1.50. The zero-order valence-corrected chi connectivity index (χ0v) is 12.0. The van der Waals surface area contributed by atoms with E-state index >= 15 is 0 Å². The first-order valence-corrected chi connectivity index (χ1v) is 8.04. The molecule has 7 heteroatoms. The number of nitrogens with two attached hydrogens (primary N) is 1. The molecule has 3 N–H and O–H groups in total. The first kappa shape index (κ1) is 13.9. The van der Waals surface area contributed by atoms with Gasteiger partial charge in [-0.25, -0.2) is 8.42 Å². The molecule has 0 radical (unpaired) electrons. The Labute approximate surface area is 113 Å². The van der Waals surface area contributed by atoms with Crippen molar-refractivity contribution in [2.75, 3.05) is 29.2 Å². The van der Waals surface area contributed by atoms with Gasteiger partial charge in [-0.2, -0.15) is 4.98 Å². The summed E-state index contributed by atoms with van der Waals surface area (Å²) < 4.78 is 28.4. The van der Waals surface area contributed by atoms with Crippen LogP contribution in [0.5, 0.6) is 5.88 Å². The van der Waals surface area contributed by atoms with E-state index in [9.17, 15) is 8.42 Å². The maximum Gasteiger partial charge on any atom is 0.239 e. The molecule has 1 aliphatic rings. The quantitative estimate of drug-likeness (QED) is 0.858. The molecule has 0 bridgehead atoms. The Bertz CT molecular complexity index is 574. The second-order valence-electron chi connectivity index (χ2n) is 5.05. The fourth-order valence-electron chi connectivity index (χ4n) is 2.19. The van der Waals surface area contributed by atoms with E-state index in [-0.39, 0.29) is 11.5 Å². The number of sulfone groups is 1. The number of pyridine rings is 1. The maximum absolute atomic E-state index is 11.6. The topological polar surface area (TPSA) is 94.3 Å². The first-order valence-electron chi connectivity index (χ1n) is 6.21. The maximum atomic E-state index is 11.6. The molecular formula is C12H19N3O3S. The van der Waals surface area contributed by atoms with Gasteiger partial charge in [-0.3, -0.25) is 0 Å². The van der Waals surface area contributed by atoms with Crippen LogP contribution >= 0.6 is 0 Å². The molecule has 1 saturated heterocycles. The molecule has 106 valence electrons. The highest BCUT2D eigenvalue weighted by Crippen LogP contribution is 2.28. The minimum Gasteiger partial charge on any atom is -0.476 e. The van der Waals surface area contributed by atoms with Gasteiger partial charge < -0.3 is 15.8 Å². The lowest BCUT2D eigenvalue weighted by atomic mass is 10.0. The monoisotopic (exact) mass is 285 g/mol. The Kier molecular flexibility index (Phi) is 3.58. The number of nitrogens with one attached hydrogen (secondary N) is 1. The summed E-state index contributed by atoms with van der Waals surface area (Å²) >= 11 is 0. The molecule has 2 rings (SSSR count). The number of aromatic nitrogens is 1. The summed E-state index contributed by atoms with van der Waals surface area (Å²) in [4.78, 5) is 4.27. The number of nitrogens with zero attached hydrogens (tertiary/aromatic N) is 1. The number of rotatable bonds is 4. The number of nitrogen functional groups attached to an aromatic ring is 1. The van der Waals surface area contributed by atoms with Crippen LogP contribution in [0.15, 0.2) is 12.1 Å². The molecule has 0 aliphatic carbocycles. The fraction of sp³-hybridized carbons (Fsp3) is 0.583. The van der Waals surface area contributed by atoms with Crippen molar-refractivity contribution in [3.63, 3.8) is 0 Å². The van der Waals surface area contributed by atoms with Crippen molar-refractivity contribution in [3.8, 4) is 5.88 Å². The molecule has 1 aliphatic heterocycles. The average molecular weight is 285 g/mol. The van der Waals surface area contributed by atoms with E-state index in [4.69, 9.17) is 10.5 Å². The molecule has 6 nitrogen and oxygen atoms in total. The van der Waals surface area contributed by atoms with E-state index in [1.807, 2.05) is 13.8 Å². The Morgan fingerprint density at radius 2 is 2.26 bits per heavy atom. The highest BCUT2D eigenvalue weighted by molar-refractivity contribution is 7.91. The number of anilines is 2. The van der Waals surface area contributed by atoms with Crippen molar-refractivity contribution in [3.05, 3.63) is 12.1 Å². The van der Waals surface area contributed by atoms with Gasteiger partial charge in [0.1, 0.15) is 5.82 Å². The van der Waals surface area contributed by atoms with Crippen molar-refractivity contribution >= 4 is 21.3 Å². The zero-order chi connectivity index (χ0) is 14.1.